The molecule has 15 heavy (non-hydrogen) atoms. The van der Waals surface area contributed by atoms with Gasteiger partial charge in [0.15, 0.2) is 0 Å². The van der Waals surface area contributed by atoms with Crippen LogP contribution in [0.2, 0.25) is 0 Å². The monoisotopic (exact) mass is 230 g/mol. The summed E-state index contributed by atoms with van der Waals surface area (Å²) in [7, 11) is -0.898. The molecule has 0 spiro atoms. The highest BCUT2D eigenvalue weighted by molar-refractivity contribution is 7.89. The Kier molecular flexibility index (Phi) is 3.06. The maximum Gasteiger partial charge on any atom is 0.337 e. The van der Waals surface area contributed by atoms with Crippen LogP contribution in [0.5, 0.6) is 0 Å². The summed E-state index contributed by atoms with van der Waals surface area (Å²) in [5.74, 6) is -1.21. The van der Waals surface area contributed by atoms with Gasteiger partial charge in [-0.3, -0.25) is 4.98 Å². The van der Waals surface area contributed by atoms with Crippen LogP contribution in [0.4, 0.5) is 0 Å². The molecule has 0 saturated carbocycles. The fourth-order valence-electron chi connectivity index (χ4n) is 0.888. The van der Waals surface area contributed by atoms with Crippen molar-refractivity contribution >= 4 is 16.0 Å². The fraction of sp³-hybridized carbons (Fsp3) is 0.250. The Balaban J connectivity index is 3.29. The summed E-state index contributed by atoms with van der Waals surface area (Å²) >= 11 is 0. The zero-order valence-electron chi connectivity index (χ0n) is 8.21. The molecule has 0 saturated heterocycles. The van der Waals surface area contributed by atoms with Crippen molar-refractivity contribution < 1.29 is 18.3 Å². The standard InChI is InChI=1S/C8H10N2O4S/c1-10(2)15(13,14)7-3-6(8(11)12)4-9-5-7/h3-5H,1-2H3,(H,11,12). The van der Waals surface area contributed by atoms with Gasteiger partial charge < -0.3 is 5.11 Å². The molecule has 1 aromatic heterocycles. The maximum atomic E-state index is 11.6. The van der Waals surface area contributed by atoms with Crippen LogP contribution in [0.25, 0.3) is 0 Å². The number of nitrogens with zero attached hydrogens (tertiary/aromatic N) is 2. The molecule has 7 heteroatoms. The topological polar surface area (TPSA) is 87.6 Å². The molecular formula is C8H10N2O4S. The molecule has 0 radical (unpaired) electrons. The summed E-state index contributed by atoms with van der Waals surface area (Å²) in [6.07, 6.45) is 2.21. The molecular weight excluding hydrogens is 220 g/mol. The lowest BCUT2D eigenvalue weighted by molar-refractivity contribution is 0.0696. The highest BCUT2D eigenvalue weighted by Crippen LogP contribution is 2.12. The lowest BCUT2D eigenvalue weighted by atomic mass is 10.3. The molecule has 1 heterocycles. The molecule has 0 aliphatic heterocycles. The highest BCUT2D eigenvalue weighted by atomic mass is 32.2. The van der Waals surface area contributed by atoms with Gasteiger partial charge in [0.1, 0.15) is 4.90 Å². The molecule has 0 fully saturated rings. The van der Waals surface area contributed by atoms with Crippen LogP contribution in [0.15, 0.2) is 23.4 Å². The van der Waals surface area contributed by atoms with E-state index in [1.165, 1.54) is 14.1 Å². The highest BCUT2D eigenvalue weighted by Gasteiger charge is 2.18. The Morgan fingerprint density at radius 2 is 2.00 bits per heavy atom. The van der Waals surface area contributed by atoms with Crippen molar-refractivity contribution in [3.63, 3.8) is 0 Å². The fourth-order valence-corrected chi connectivity index (χ4v) is 1.78. The first-order chi connectivity index (χ1) is 6.85. The number of sulfonamides is 1. The van der Waals surface area contributed by atoms with Crippen molar-refractivity contribution in [2.24, 2.45) is 0 Å². The van der Waals surface area contributed by atoms with Crippen LogP contribution in [0.1, 0.15) is 10.4 Å². The summed E-state index contributed by atoms with van der Waals surface area (Å²) in [6.45, 7) is 0. The number of hydrogen-bond acceptors (Lipinski definition) is 4. The number of carboxylic acid groups (broad SMARTS) is 1. The van der Waals surface area contributed by atoms with Gasteiger partial charge in [-0.2, -0.15) is 0 Å². The Morgan fingerprint density at radius 1 is 1.40 bits per heavy atom. The summed E-state index contributed by atoms with van der Waals surface area (Å²) in [6, 6.07) is 1.07. The van der Waals surface area contributed by atoms with E-state index >= 15 is 0 Å². The minimum absolute atomic E-state index is 0.132. The lowest BCUT2D eigenvalue weighted by Gasteiger charge is -2.10. The van der Waals surface area contributed by atoms with Crippen molar-refractivity contribution in [1.82, 2.24) is 9.29 Å². The van der Waals surface area contributed by atoms with Crippen LogP contribution in [0.3, 0.4) is 0 Å². The normalized spacial score (nSPS) is 11.7. The summed E-state index contributed by atoms with van der Waals surface area (Å²) in [5.41, 5.74) is -0.155. The molecule has 0 atom stereocenters. The molecule has 0 aliphatic rings. The third-order valence-electron chi connectivity index (χ3n) is 1.74. The third kappa shape index (κ3) is 2.31. The number of pyridine rings is 1. The Morgan fingerprint density at radius 3 is 2.47 bits per heavy atom. The van der Waals surface area contributed by atoms with E-state index in [9.17, 15) is 13.2 Å². The molecule has 6 nitrogen and oxygen atoms in total. The first-order valence-corrected chi connectivity index (χ1v) is 5.40. The van der Waals surface area contributed by atoms with Crippen molar-refractivity contribution in [1.29, 1.82) is 0 Å². The van der Waals surface area contributed by atoms with Gasteiger partial charge in [-0.05, 0) is 6.07 Å². The second-order valence-corrected chi connectivity index (χ2v) is 5.15. The van der Waals surface area contributed by atoms with Crippen molar-refractivity contribution in [2.45, 2.75) is 4.90 Å². The molecule has 1 rings (SSSR count). The average molecular weight is 230 g/mol. The van der Waals surface area contributed by atoms with Crippen molar-refractivity contribution in [3.05, 3.63) is 24.0 Å². The van der Waals surface area contributed by atoms with E-state index in [0.717, 1.165) is 22.8 Å². The number of rotatable bonds is 3. The van der Waals surface area contributed by atoms with E-state index in [1.807, 2.05) is 0 Å². The predicted molar refractivity (Wildman–Crippen MR) is 52.1 cm³/mol. The number of aromatic nitrogens is 1. The van der Waals surface area contributed by atoms with E-state index in [0.29, 0.717) is 0 Å². The van der Waals surface area contributed by atoms with Crippen LogP contribution < -0.4 is 0 Å². The van der Waals surface area contributed by atoms with Gasteiger partial charge in [-0.25, -0.2) is 17.5 Å². The van der Waals surface area contributed by atoms with Crippen LogP contribution in [-0.2, 0) is 10.0 Å². The molecule has 1 N–H and O–H groups in total. The zero-order chi connectivity index (χ0) is 11.6. The Hall–Kier alpha value is -1.47. The number of carboxylic acids is 1. The van der Waals surface area contributed by atoms with Gasteiger partial charge in [0, 0.05) is 26.5 Å². The summed E-state index contributed by atoms with van der Waals surface area (Å²) in [4.78, 5) is 14.0. The SMILES string of the molecule is CN(C)S(=O)(=O)c1cncc(C(=O)O)c1. The first-order valence-electron chi connectivity index (χ1n) is 3.96. The van der Waals surface area contributed by atoms with Crippen LogP contribution in [0, 0.1) is 0 Å². The summed E-state index contributed by atoms with van der Waals surface area (Å²) < 4.78 is 24.2. The first kappa shape index (κ1) is 11.6. The zero-order valence-corrected chi connectivity index (χ0v) is 9.02. The smallest absolute Gasteiger partial charge is 0.337 e. The molecule has 0 unspecified atom stereocenters. The van der Waals surface area contributed by atoms with Gasteiger partial charge in [0.2, 0.25) is 10.0 Å². The van der Waals surface area contributed by atoms with Gasteiger partial charge >= 0.3 is 5.97 Å². The second kappa shape index (κ2) is 3.95. The van der Waals surface area contributed by atoms with Crippen LogP contribution in [-0.4, -0.2) is 42.9 Å². The lowest BCUT2D eigenvalue weighted by Crippen LogP contribution is -2.22. The number of hydrogen-bond donors (Lipinski definition) is 1. The number of carbonyl (C=O) groups is 1. The molecule has 0 aliphatic carbocycles. The minimum Gasteiger partial charge on any atom is -0.478 e. The van der Waals surface area contributed by atoms with E-state index < -0.39 is 16.0 Å². The van der Waals surface area contributed by atoms with Gasteiger partial charge in [0.25, 0.3) is 0 Å². The van der Waals surface area contributed by atoms with Gasteiger partial charge in [0.05, 0.1) is 5.56 Å². The van der Waals surface area contributed by atoms with Gasteiger partial charge in [-0.15, -0.1) is 0 Å². The molecule has 0 bridgehead atoms. The largest absolute Gasteiger partial charge is 0.478 e. The average Bonchev–Trinajstić information content (AvgIpc) is 2.17. The second-order valence-electron chi connectivity index (χ2n) is 3.00. The number of aromatic carboxylic acids is 1. The molecule has 1 aromatic rings. The Bertz CT molecular complexity index is 481. The van der Waals surface area contributed by atoms with Crippen molar-refractivity contribution in [3.8, 4) is 0 Å². The quantitative estimate of drug-likeness (QED) is 0.791. The van der Waals surface area contributed by atoms with E-state index in [1.54, 1.807) is 0 Å². The third-order valence-corrected chi connectivity index (χ3v) is 3.52. The van der Waals surface area contributed by atoms with E-state index in [-0.39, 0.29) is 10.5 Å². The van der Waals surface area contributed by atoms with E-state index in [4.69, 9.17) is 5.11 Å². The minimum atomic E-state index is -3.63. The van der Waals surface area contributed by atoms with Gasteiger partial charge in [-0.1, -0.05) is 0 Å². The molecule has 0 aromatic carbocycles. The van der Waals surface area contributed by atoms with Crippen LogP contribution >= 0.6 is 0 Å². The maximum absolute atomic E-state index is 11.6. The molecule has 0 amide bonds. The Labute approximate surface area is 87.2 Å². The van der Waals surface area contributed by atoms with Crippen molar-refractivity contribution in [2.75, 3.05) is 14.1 Å². The molecule has 82 valence electrons. The summed E-state index contributed by atoms with van der Waals surface area (Å²) in [5, 5.41) is 8.67. The predicted octanol–water partition coefficient (Wildman–Crippen LogP) is 0.0301. The van der Waals surface area contributed by atoms with E-state index in [2.05, 4.69) is 4.98 Å².